The summed E-state index contributed by atoms with van der Waals surface area (Å²) in [7, 11) is 0. The number of cyclic esters (lactones) is 1. The van der Waals surface area contributed by atoms with Gasteiger partial charge in [0.2, 0.25) is 0 Å². The van der Waals surface area contributed by atoms with Gasteiger partial charge < -0.3 is 20.2 Å². The summed E-state index contributed by atoms with van der Waals surface area (Å²) in [5.74, 6) is -0.244. The Labute approximate surface area is 77.4 Å². The Morgan fingerprint density at radius 3 is 3.07 bits per heavy atom. The minimum absolute atomic E-state index is 0.221. The van der Waals surface area contributed by atoms with Gasteiger partial charge in [0.25, 0.3) is 0 Å². The number of aromatic nitrogens is 2. The van der Waals surface area contributed by atoms with E-state index in [1.807, 2.05) is 0 Å². The molecule has 0 saturated carbocycles. The van der Waals surface area contributed by atoms with Crippen molar-refractivity contribution in [1.29, 1.82) is 0 Å². The molecule has 2 heterocycles. The SMILES string of the molecule is O=C1NCC(c2cn[nH]c2[N+](=O)[O-])O1. The van der Waals surface area contributed by atoms with E-state index in [0.717, 1.165) is 0 Å². The molecule has 1 atom stereocenters. The number of hydrogen-bond donors (Lipinski definition) is 2. The quantitative estimate of drug-likeness (QED) is 0.517. The van der Waals surface area contributed by atoms with E-state index < -0.39 is 17.1 Å². The summed E-state index contributed by atoms with van der Waals surface area (Å²) in [6, 6.07) is 0. The van der Waals surface area contributed by atoms with Gasteiger partial charge >= 0.3 is 11.9 Å². The third kappa shape index (κ3) is 1.26. The van der Waals surface area contributed by atoms with Crippen molar-refractivity contribution in [2.45, 2.75) is 6.10 Å². The third-order valence-corrected chi connectivity index (χ3v) is 1.86. The number of nitro groups is 1. The molecule has 0 radical (unpaired) electrons. The maximum absolute atomic E-state index is 10.7. The van der Waals surface area contributed by atoms with Crippen LogP contribution in [0.4, 0.5) is 10.6 Å². The lowest BCUT2D eigenvalue weighted by Crippen LogP contribution is -2.12. The number of ether oxygens (including phenoxy) is 1. The molecule has 0 bridgehead atoms. The second kappa shape index (κ2) is 2.98. The molecule has 1 aromatic heterocycles. The Bertz CT molecular complexity index is 387. The fourth-order valence-electron chi connectivity index (χ4n) is 1.23. The van der Waals surface area contributed by atoms with Crippen LogP contribution in [0.15, 0.2) is 6.20 Å². The van der Waals surface area contributed by atoms with Crippen molar-refractivity contribution in [3.63, 3.8) is 0 Å². The van der Waals surface area contributed by atoms with E-state index in [2.05, 4.69) is 15.5 Å². The van der Waals surface area contributed by atoms with Gasteiger partial charge in [-0.3, -0.25) is 0 Å². The normalized spacial score (nSPS) is 20.3. The molecule has 8 heteroatoms. The predicted octanol–water partition coefficient (Wildman–Crippen LogP) is 0.0988. The predicted molar refractivity (Wildman–Crippen MR) is 42.5 cm³/mol. The largest absolute Gasteiger partial charge is 0.439 e. The molecule has 1 aliphatic heterocycles. The first-order valence-corrected chi connectivity index (χ1v) is 3.80. The lowest BCUT2D eigenvalue weighted by Gasteiger charge is -2.03. The molecule has 1 aliphatic rings. The monoisotopic (exact) mass is 198 g/mol. The summed E-state index contributed by atoms with van der Waals surface area (Å²) in [6.07, 6.45) is 0.0652. The summed E-state index contributed by atoms with van der Waals surface area (Å²) in [5.41, 5.74) is 0.272. The van der Waals surface area contributed by atoms with Crippen molar-refractivity contribution < 1.29 is 14.5 Å². The smallest absolute Gasteiger partial charge is 0.407 e. The molecule has 0 aromatic carbocycles. The highest BCUT2D eigenvalue weighted by Gasteiger charge is 2.31. The molecule has 8 nitrogen and oxygen atoms in total. The zero-order valence-electron chi connectivity index (χ0n) is 6.89. The molecular formula is C6H6N4O4. The van der Waals surface area contributed by atoms with E-state index in [-0.39, 0.29) is 17.9 Å². The highest BCUT2D eigenvalue weighted by molar-refractivity contribution is 5.70. The number of nitrogens with zero attached hydrogens (tertiary/aromatic N) is 2. The van der Waals surface area contributed by atoms with Crippen LogP contribution in [-0.2, 0) is 4.74 Å². The Hall–Kier alpha value is -2.12. The summed E-state index contributed by atoms with van der Waals surface area (Å²) in [6.45, 7) is 0.221. The second-order valence-electron chi connectivity index (χ2n) is 2.71. The maximum Gasteiger partial charge on any atom is 0.407 e. The van der Waals surface area contributed by atoms with Crippen LogP contribution in [0.2, 0.25) is 0 Å². The van der Waals surface area contributed by atoms with Crippen LogP contribution < -0.4 is 5.32 Å². The van der Waals surface area contributed by atoms with Crippen molar-refractivity contribution in [2.75, 3.05) is 6.54 Å². The Balaban J connectivity index is 2.28. The number of amides is 1. The number of rotatable bonds is 2. The summed E-state index contributed by atoms with van der Waals surface area (Å²) in [4.78, 5) is 20.6. The van der Waals surface area contributed by atoms with Crippen LogP contribution in [0.3, 0.4) is 0 Å². The van der Waals surface area contributed by atoms with E-state index >= 15 is 0 Å². The molecule has 14 heavy (non-hydrogen) atoms. The number of carbonyl (C=O) groups excluding carboxylic acids is 1. The first-order valence-electron chi connectivity index (χ1n) is 3.80. The number of nitrogens with one attached hydrogen (secondary N) is 2. The van der Waals surface area contributed by atoms with Crippen LogP contribution in [0, 0.1) is 10.1 Å². The zero-order chi connectivity index (χ0) is 10.1. The van der Waals surface area contributed by atoms with Crippen molar-refractivity contribution in [3.8, 4) is 0 Å². The van der Waals surface area contributed by atoms with Crippen molar-refractivity contribution in [2.24, 2.45) is 0 Å². The minimum Gasteiger partial charge on any atom is -0.439 e. The van der Waals surface area contributed by atoms with Crippen molar-refractivity contribution in [3.05, 3.63) is 21.9 Å². The van der Waals surface area contributed by atoms with Crippen LogP contribution in [0.1, 0.15) is 11.7 Å². The van der Waals surface area contributed by atoms with Crippen LogP contribution in [-0.4, -0.2) is 27.8 Å². The lowest BCUT2D eigenvalue weighted by atomic mass is 10.2. The number of hydrogen-bond acceptors (Lipinski definition) is 5. The summed E-state index contributed by atoms with van der Waals surface area (Å²) in [5, 5.41) is 18.6. The number of H-pyrrole nitrogens is 1. The molecule has 1 fully saturated rings. The molecule has 1 amide bonds. The molecule has 2 N–H and O–H groups in total. The van der Waals surface area contributed by atoms with Crippen LogP contribution >= 0.6 is 0 Å². The highest BCUT2D eigenvalue weighted by Crippen LogP contribution is 2.26. The van der Waals surface area contributed by atoms with Gasteiger partial charge in [-0.2, -0.15) is 0 Å². The standard InChI is InChI=1S/C6H6N4O4/c11-6-7-2-4(14-6)3-1-8-9-5(3)10(12)13/h1,4H,2H2,(H,7,11)(H,8,9). The number of aromatic amines is 1. The zero-order valence-corrected chi connectivity index (χ0v) is 6.89. The average Bonchev–Trinajstić information content (AvgIpc) is 2.70. The summed E-state index contributed by atoms with van der Waals surface area (Å²) < 4.78 is 4.78. The number of alkyl carbamates (subject to hydrolysis) is 1. The van der Waals surface area contributed by atoms with Gasteiger partial charge in [-0.15, -0.1) is 5.10 Å². The summed E-state index contributed by atoms with van der Waals surface area (Å²) >= 11 is 0. The van der Waals surface area contributed by atoms with E-state index in [4.69, 9.17) is 4.74 Å². The van der Waals surface area contributed by atoms with E-state index in [0.29, 0.717) is 0 Å². The van der Waals surface area contributed by atoms with Gasteiger partial charge in [0.1, 0.15) is 5.56 Å². The Kier molecular flexibility index (Phi) is 1.80. The van der Waals surface area contributed by atoms with E-state index in [1.54, 1.807) is 0 Å². The van der Waals surface area contributed by atoms with Crippen molar-refractivity contribution >= 4 is 11.9 Å². The molecule has 0 spiro atoms. The van der Waals surface area contributed by atoms with Crippen molar-refractivity contribution in [1.82, 2.24) is 15.5 Å². The molecular weight excluding hydrogens is 192 g/mol. The third-order valence-electron chi connectivity index (χ3n) is 1.86. The fraction of sp³-hybridized carbons (Fsp3) is 0.333. The molecule has 0 aliphatic carbocycles. The van der Waals surface area contributed by atoms with Gasteiger partial charge in [0, 0.05) is 0 Å². The average molecular weight is 198 g/mol. The lowest BCUT2D eigenvalue weighted by molar-refractivity contribution is -0.390. The molecule has 74 valence electrons. The number of carbonyl (C=O) groups is 1. The van der Waals surface area contributed by atoms with E-state index in [9.17, 15) is 14.9 Å². The Morgan fingerprint density at radius 2 is 2.50 bits per heavy atom. The highest BCUT2D eigenvalue weighted by atomic mass is 16.6. The van der Waals surface area contributed by atoms with E-state index in [1.165, 1.54) is 6.20 Å². The topological polar surface area (TPSA) is 110 Å². The molecule has 2 rings (SSSR count). The fourth-order valence-corrected chi connectivity index (χ4v) is 1.23. The van der Waals surface area contributed by atoms with Crippen LogP contribution in [0.5, 0.6) is 0 Å². The van der Waals surface area contributed by atoms with Gasteiger partial charge in [-0.1, -0.05) is 5.10 Å². The van der Waals surface area contributed by atoms with Gasteiger partial charge in [-0.25, -0.2) is 4.79 Å². The maximum atomic E-state index is 10.7. The first kappa shape index (κ1) is 8.48. The van der Waals surface area contributed by atoms with Gasteiger partial charge in [-0.05, 0) is 4.92 Å². The van der Waals surface area contributed by atoms with Crippen LogP contribution in [0.25, 0.3) is 0 Å². The Morgan fingerprint density at radius 1 is 1.71 bits per heavy atom. The molecule has 1 saturated heterocycles. The molecule has 1 aromatic rings. The first-order chi connectivity index (χ1) is 6.68. The van der Waals surface area contributed by atoms with Gasteiger partial charge in [0.15, 0.2) is 6.10 Å². The molecule has 1 unspecified atom stereocenters. The minimum atomic E-state index is -0.637. The van der Waals surface area contributed by atoms with Gasteiger partial charge in [0.05, 0.1) is 12.7 Å². The second-order valence-corrected chi connectivity index (χ2v) is 2.71.